The Morgan fingerprint density at radius 2 is 2.14 bits per heavy atom. The van der Waals surface area contributed by atoms with Crippen molar-refractivity contribution in [1.82, 2.24) is 4.90 Å². The van der Waals surface area contributed by atoms with E-state index in [2.05, 4.69) is 31.2 Å². The van der Waals surface area contributed by atoms with Gasteiger partial charge in [0.25, 0.3) is 0 Å². The van der Waals surface area contributed by atoms with E-state index in [1.807, 2.05) is 25.7 Å². The number of hydrogen-bond donors (Lipinski definition) is 1. The average Bonchev–Trinajstić information content (AvgIpc) is 2.82. The number of aryl methyl sites for hydroxylation is 1. The van der Waals surface area contributed by atoms with E-state index in [0.717, 1.165) is 25.8 Å². The Bertz CT molecular complexity index is 536. The topological polar surface area (TPSA) is 55.6 Å². The first kappa shape index (κ1) is 16.8. The van der Waals surface area contributed by atoms with Gasteiger partial charge >= 0.3 is 6.09 Å². The molecule has 0 aliphatic carbocycles. The van der Waals surface area contributed by atoms with Crippen LogP contribution in [0.15, 0.2) is 24.3 Å². The number of rotatable bonds is 3. The molecule has 0 bridgehead atoms. The van der Waals surface area contributed by atoms with Gasteiger partial charge < -0.3 is 10.5 Å². The van der Waals surface area contributed by atoms with Crippen molar-refractivity contribution in [2.24, 2.45) is 5.73 Å². The molecule has 2 rings (SSSR count). The first-order chi connectivity index (χ1) is 10.3. The number of likely N-dealkylation sites (tertiary alicyclic amines) is 1. The van der Waals surface area contributed by atoms with E-state index in [4.69, 9.17) is 10.5 Å². The molecule has 0 radical (unpaired) electrons. The zero-order valence-corrected chi connectivity index (χ0v) is 14.2. The highest BCUT2D eigenvalue weighted by Crippen LogP contribution is 2.42. The summed E-state index contributed by atoms with van der Waals surface area (Å²) >= 11 is 0. The third-order valence-electron chi connectivity index (χ3n) is 4.22. The van der Waals surface area contributed by atoms with Gasteiger partial charge in [0, 0.05) is 6.54 Å². The summed E-state index contributed by atoms with van der Waals surface area (Å²) < 4.78 is 5.62. The Balaban J connectivity index is 2.38. The molecule has 1 aromatic rings. The van der Waals surface area contributed by atoms with Gasteiger partial charge in [-0.15, -0.1) is 0 Å². The minimum Gasteiger partial charge on any atom is -0.444 e. The van der Waals surface area contributed by atoms with Crippen LogP contribution in [0.5, 0.6) is 0 Å². The van der Waals surface area contributed by atoms with Crippen LogP contribution in [0, 0.1) is 6.92 Å². The fourth-order valence-electron chi connectivity index (χ4n) is 3.34. The van der Waals surface area contributed by atoms with Crippen molar-refractivity contribution in [3.63, 3.8) is 0 Å². The van der Waals surface area contributed by atoms with Gasteiger partial charge in [0.05, 0.1) is 5.54 Å². The third kappa shape index (κ3) is 3.43. The predicted molar refractivity (Wildman–Crippen MR) is 88.7 cm³/mol. The summed E-state index contributed by atoms with van der Waals surface area (Å²) in [6.07, 6.45) is 2.44. The molecule has 1 aromatic carbocycles. The molecule has 2 N–H and O–H groups in total. The first-order valence-electron chi connectivity index (χ1n) is 8.06. The summed E-state index contributed by atoms with van der Waals surface area (Å²) in [5.41, 5.74) is 7.43. The maximum atomic E-state index is 12.7. The van der Waals surface area contributed by atoms with Crippen LogP contribution >= 0.6 is 0 Å². The largest absolute Gasteiger partial charge is 0.444 e. The van der Waals surface area contributed by atoms with Crippen molar-refractivity contribution in [3.05, 3.63) is 35.4 Å². The van der Waals surface area contributed by atoms with Gasteiger partial charge in [0.2, 0.25) is 0 Å². The van der Waals surface area contributed by atoms with Crippen molar-refractivity contribution in [1.29, 1.82) is 0 Å². The van der Waals surface area contributed by atoms with Gasteiger partial charge in [-0.3, -0.25) is 4.90 Å². The molecule has 22 heavy (non-hydrogen) atoms. The predicted octanol–water partition coefficient (Wildman–Crippen LogP) is 3.57. The molecule has 0 aromatic heterocycles. The van der Waals surface area contributed by atoms with Crippen molar-refractivity contribution >= 4 is 6.09 Å². The molecule has 1 heterocycles. The Morgan fingerprint density at radius 3 is 2.73 bits per heavy atom. The van der Waals surface area contributed by atoms with Crippen LogP contribution in [-0.4, -0.2) is 29.7 Å². The smallest absolute Gasteiger partial charge is 0.411 e. The van der Waals surface area contributed by atoms with Crippen LogP contribution in [0.3, 0.4) is 0 Å². The highest BCUT2D eigenvalue weighted by atomic mass is 16.6. The summed E-state index contributed by atoms with van der Waals surface area (Å²) in [6.45, 7) is 9.05. The zero-order valence-electron chi connectivity index (χ0n) is 14.2. The van der Waals surface area contributed by atoms with Crippen LogP contribution in [0.25, 0.3) is 0 Å². The van der Waals surface area contributed by atoms with Gasteiger partial charge in [-0.2, -0.15) is 0 Å². The molecule has 0 saturated carbocycles. The number of nitrogens with two attached hydrogens (primary N) is 1. The van der Waals surface area contributed by atoms with Crippen LogP contribution < -0.4 is 5.73 Å². The molecule has 1 atom stereocenters. The van der Waals surface area contributed by atoms with E-state index >= 15 is 0 Å². The molecule has 4 nitrogen and oxygen atoms in total. The Hall–Kier alpha value is -1.55. The normalized spacial score (nSPS) is 22.0. The minimum absolute atomic E-state index is 0.236. The number of carbonyl (C=O) groups is 1. The summed E-state index contributed by atoms with van der Waals surface area (Å²) in [5.74, 6) is 0. The van der Waals surface area contributed by atoms with Crippen LogP contribution in [0.1, 0.15) is 51.2 Å². The number of benzene rings is 1. The molecule has 1 aliphatic rings. The van der Waals surface area contributed by atoms with Crippen molar-refractivity contribution in [2.45, 2.75) is 58.1 Å². The lowest BCUT2D eigenvalue weighted by Gasteiger charge is -2.39. The quantitative estimate of drug-likeness (QED) is 0.928. The molecule has 1 amide bonds. The van der Waals surface area contributed by atoms with Crippen molar-refractivity contribution in [3.8, 4) is 0 Å². The van der Waals surface area contributed by atoms with Crippen LogP contribution in [-0.2, 0) is 10.3 Å². The molecule has 1 unspecified atom stereocenters. The molecule has 1 saturated heterocycles. The van der Waals surface area contributed by atoms with E-state index in [-0.39, 0.29) is 11.6 Å². The van der Waals surface area contributed by atoms with Gasteiger partial charge in [-0.1, -0.05) is 29.8 Å². The highest BCUT2D eigenvalue weighted by molar-refractivity contribution is 5.70. The van der Waals surface area contributed by atoms with Crippen molar-refractivity contribution < 1.29 is 9.53 Å². The second-order valence-corrected chi connectivity index (χ2v) is 7.18. The lowest BCUT2D eigenvalue weighted by Crippen LogP contribution is -2.48. The zero-order chi connectivity index (χ0) is 16.4. The number of carbonyl (C=O) groups excluding carboxylic acids is 1. The fraction of sp³-hybridized carbons (Fsp3) is 0.611. The molecule has 122 valence electrons. The van der Waals surface area contributed by atoms with E-state index in [1.165, 1.54) is 11.1 Å². The SMILES string of the molecule is Cc1cccc(C2(CCN)CCCN2C(=O)OC(C)(C)C)c1. The summed E-state index contributed by atoms with van der Waals surface area (Å²) in [4.78, 5) is 14.6. The maximum absolute atomic E-state index is 12.7. The average molecular weight is 304 g/mol. The summed E-state index contributed by atoms with van der Waals surface area (Å²) in [7, 11) is 0. The molecular formula is C18H28N2O2. The number of amides is 1. The van der Waals surface area contributed by atoms with Crippen LogP contribution in [0.2, 0.25) is 0 Å². The fourth-order valence-corrected chi connectivity index (χ4v) is 3.34. The Labute approximate surface area is 133 Å². The second kappa shape index (κ2) is 6.29. The van der Waals surface area contributed by atoms with Crippen LogP contribution in [0.4, 0.5) is 4.79 Å². The summed E-state index contributed by atoms with van der Waals surface area (Å²) in [5, 5.41) is 0. The Kier molecular flexibility index (Phi) is 4.81. The van der Waals surface area contributed by atoms with Gasteiger partial charge in [-0.25, -0.2) is 4.79 Å². The van der Waals surface area contributed by atoms with E-state index in [0.29, 0.717) is 6.54 Å². The Morgan fingerprint density at radius 1 is 1.41 bits per heavy atom. The lowest BCUT2D eigenvalue weighted by atomic mass is 9.83. The van der Waals surface area contributed by atoms with E-state index in [9.17, 15) is 4.79 Å². The third-order valence-corrected chi connectivity index (χ3v) is 4.22. The van der Waals surface area contributed by atoms with E-state index < -0.39 is 5.60 Å². The lowest BCUT2D eigenvalue weighted by molar-refractivity contribution is 0.00558. The number of hydrogen-bond acceptors (Lipinski definition) is 3. The molecule has 4 heteroatoms. The molecular weight excluding hydrogens is 276 g/mol. The molecule has 1 fully saturated rings. The van der Waals surface area contributed by atoms with Crippen molar-refractivity contribution in [2.75, 3.05) is 13.1 Å². The number of nitrogens with zero attached hydrogens (tertiary/aromatic N) is 1. The minimum atomic E-state index is -0.485. The van der Waals surface area contributed by atoms with Gasteiger partial charge in [0.1, 0.15) is 5.60 Å². The first-order valence-corrected chi connectivity index (χ1v) is 8.06. The maximum Gasteiger partial charge on any atom is 0.411 e. The molecule has 1 aliphatic heterocycles. The van der Waals surface area contributed by atoms with Gasteiger partial charge in [0.15, 0.2) is 0 Å². The van der Waals surface area contributed by atoms with E-state index in [1.54, 1.807) is 0 Å². The monoisotopic (exact) mass is 304 g/mol. The standard InChI is InChI=1S/C18H28N2O2/c1-14-7-5-8-15(13-14)18(10-11-19)9-6-12-20(18)16(21)22-17(2,3)4/h5,7-8,13H,6,9-12,19H2,1-4H3. The van der Waals surface area contributed by atoms with Gasteiger partial charge in [-0.05, 0) is 59.1 Å². The number of ether oxygens (including phenoxy) is 1. The second-order valence-electron chi connectivity index (χ2n) is 7.18. The highest BCUT2D eigenvalue weighted by Gasteiger charge is 2.45. The molecule has 0 spiro atoms. The summed E-state index contributed by atoms with van der Waals surface area (Å²) in [6, 6.07) is 8.39.